The Morgan fingerprint density at radius 2 is 1.90 bits per heavy atom. The minimum Gasteiger partial charge on any atom is -0.336 e. The third-order valence-corrected chi connectivity index (χ3v) is 3.99. The number of pyridine rings is 1. The van der Waals surface area contributed by atoms with E-state index in [1.807, 2.05) is 35.2 Å². The average Bonchev–Trinajstić information content (AvgIpc) is 2.54. The summed E-state index contributed by atoms with van der Waals surface area (Å²) < 4.78 is 0. The van der Waals surface area contributed by atoms with Gasteiger partial charge < -0.3 is 9.80 Å². The first-order chi connectivity index (χ1) is 9.79. The van der Waals surface area contributed by atoms with Crippen molar-refractivity contribution in [2.24, 2.45) is 0 Å². The SMILES string of the molecule is CCN1CCN(C(=O)c2ccnc3ccccc23)CC1. The van der Waals surface area contributed by atoms with Crippen LogP contribution in [0.25, 0.3) is 10.9 Å². The largest absolute Gasteiger partial charge is 0.336 e. The predicted octanol–water partition coefficient (Wildman–Crippen LogP) is 2.01. The topological polar surface area (TPSA) is 36.4 Å². The van der Waals surface area contributed by atoms with Crippen LogP contribution < -0.4 is 0 Å². The number of amides is 1. The third kappa shape index (κ3) is 2.39. The summed E-state index contributed by atoms with van der Waals surface area (Å²) in [5.74, 6) is 0.124. The predicted molar refractivity (Wildman–Crippen MR) is 79.8 cm³/mol. The van der Waals surface area contributed by atoms with E-state index in [9.17, 15) is 4.79 Å². The number of carbonyl (C=O) groups excluding carboxylic acids is 1. The van der Waals surface area contributed by atoms with E-state index < -0.39 is 0 Å². The van der Waals surface area contributed by atoms with Gasteiger partial charge >= 0.3 is 0 Å². The van der Waals surface area contributed by atoms with Crippen LogP contribution >= 0.6 is 0 Å². The second-order valence-electron chi connectivity index (χ2n) is 5.10. The quantitative estimate of drug-likeness (QED) is 0.837. The van der Waals surface area contributed by atoms with Gasteiger partial charge in [0.2, 0.25) is 0 Å². The fraction of sp³-hybridized carbons (Fsp3) is 0.375. The van der Waals surface area contributed by atoms with E-state index in [1.165, 1.54) is 0 Å². The number of aromatic nitrogens is 1. The molecule has 1 aliphatic rings. The molecule has 1 amide bonds. The molecule has 3 rings (SSSR count). The highest BCUT2D eigenvalue weighted by molar-refractivity contribution is 6.05. The molecule has 1 saturated heterocycles. The summed E-state index contributed by atoms with van der Waals surface area (Å²) in [5, 5.41) is 0.943. The number of likely N-dealkylation sites (N-methyl/N-ethyl adjacent to an activating group) is 1. The van der Waals surface area contributed by atoms with Crippen LogP contribution in [-0.4, -0.2) is 53.4 Å². The maximum atomic E-state index is 12.7. The molecule has 0 unspecified atom stereocenters. The number of para-hydroxylation sites is 1. The lowest BCUT2D eigenvalue weighted by atomic mass is 10.1. The monoisotopic (exact) mass is 269 g/mol. The first kappa shape index (κ1) is 13.1. The highest BCUT2D eigenvalue weighted by Gasteiger charge is 2.22. The molecule has 1 aromatic carbocycles. The third-order valence-electron chi connectivity index (χ3n) is 3.99. The van der Waals surface area contributed by atoms with Crippen molar-refractivity contribution in [2.75, 3.05) is 32.7 Å². The Labute approximate surface area is 119 Å². The van der Waals surface area contributed by atoms with Crippen molar-refractivity contribution < 1.29 is 4.79 Å². The van der Waals surface area contributed by atoms with Crippen LogP contribution in [0, 0.1) is 0 Å². The number of hydrogen-bond acceptors (Lipinski definition) is 3. The van der Waals surface area contributed by atoms with Crippen LogP contribution in [0.15, 0.2) is 36.5 Å². The summed E-state index contributed by atoms with van der Waals surface area (Å²) in [4.78, 5) is 21.3. The molecule has 2 heterocycles. The Morgan fingerprint density at radius 1 is 1.15 bits per heavy atom. The van der Waals surface area contributed by atoms with E-state index in [-0.39, 0.29) is 5.91 Å². The van der Waals surface area contributed by atoms with E-state index in [4.69, 9.17) is 0 Å². The van der Waals surface area contributed by atoms with Crippen LogP contribution in [0.2, 0.25) is 0 Å². The van der Waals surface area contributed by atoms with Crippen molar-refractivity contribution >= 4 is 16.8 Å². The molecular formula is C16H19N3O. The summed E-state index contributed by atoms with van der Waals surface area (Å²) in [5.41, 5.74) is 1.64. The fourth-order valence-electron chi connectivity index (χ4n) is 2.72. The van der Waals surface area contributed by atoms with Crippen LogP contribution in [-0.2, 0) is 0 Å². The molecule has 1 aromatic heterocycles. The Hall–Kier alpha value is -1.94. The van der Waals surface area contributed by atoms with Gasteiger partial charge in [0.05, 0.1) is 11.1 Å². The molecule has 2 aromatic rings. The van der Waals surface area contributed by atoms with Crippen molar-refractivity contribution in [1.82, 2.24) is 14.8 Å². The average molecular weight is 269 g/mol. The van der Waals surface area contributed by atoms with Gasteiger partial charge in [-0.05, 0) is 18.7 Å². The van der Waals surface area contributed by atoms with Crippen LogP contribution in [0.3, 0.4) is 0 Å². The Balaban J connectivity index is 1.86. The molecule has 0 N–H and O–H groups in total. The van der Waals surface area contributed by atoms with Crippen molar-refractivity contribution in [1.29, 1.82) is 0 Å². The molecule has 104 valence electrons. The molecule has 1 aliphatic heterocycles. The lowest BCUT2D eigenvalue weighted by molar-refractivity contribution is 0.0645. The summed E-state index contributed by atoms with van der Waals surface area (Å²) in [6.07, 6.45) is 1.72. The summed E-state index contributed by atoms with van der Waals surface area (Å²) in [6.45, 7) is 6.76. The fourth-order valence-corrected chi connectivity index (χ4v) is 2.72. The van der Waals surface area contributed by atoms with Crippen molar-refractivity contribution in [2.45, 2.75) is 6.92 Å². The zero-order valence-corrected chi connectivity index (χ0v) is 11.7. The van der Waals surface area contributed by atoms with Crippen molar-refractivity contribution in [3.8, 4) is 0 Å². The number of hydrogen-bond donors (Lipinski definition) is 0. The maximum Gasteiger partial charge on any atom is 0.254 e. The van der Waals surface area contributed by atoms with Gasteiger partial charge in [0, 0.05) is 37.8 Å². The standard InChI is InChI=1S/C16H19N3O/c1-2-18-9-11-19(12-10-18)16(20)14-7-8-17-15-6-4-3-5-13(14)15/h3-8H,2,9-12H2,1H3. The summed E-state index contributed by atoms with van der Waals surface area (Å²) in [6, 6.07) is 9.65. The van der Waals surface area contributed by atoms with Gasteiger partial charge in [-0.1, -0.05) is 25.1 Å². The van der Waals surface area contributed by atoms with Gasteiger partial charge in [-0.2, -0.15) is 0 Å². The van der Waals surface area contributed by atoms with E-state index >= 15 is 0 Å². The van der Waals surface area contributed by atoms with Crippen LogP contribution in [0.5, 0.6) is 0 Å². The maximum absolute atomic E-state index is 12.7. The highest BCUT2D eigenvalue weighted by Crippen LogP contribution is 2.18. The van der Waals surface area contributed by atoms with Gasteiger partial charge in [0.25, 0.3) is 5.91 Å². The van der Waals surface area contributed by atoms with Crippen molar-refractivity contribution in [3.05, 3.63) is 42.1 Å². The number of carbonyl (C=O) groups is 1. The lowest BCUT2D eigenvalue weighted by Crippen LogP contribution is -2.48. The summed E-state index contributed by atoms with van der Waals surface area (Å²) >= 11 is 0. The molecule has 20 heavy (non-hydrogen) atoms. The van der Waals surface area contributed by atoms with E-state index in [0.29, 0.717) is 0 Å². The van der Waals surface area contributed by atoms with Gasteiger partial charge in [-0.25, -0.2) is 0 Å². The van der Waals surface area contributed by atoms with E-state index in [0.717, 1.165) is 49.2 Å². The Bertz CT molecular complexity index is 613. The second-order valence-corrected chi connectivity index (χ2v) is 5.10. The number of benzene rings is 1. The molecule has 0 spiro atoms. The number of piperazine rings is 1. The number of rotatable bonds is 2. The molecular weight excluding hydrogens is 250 g/mol. The van der Waals surface area contributed by atoms with Gasteiger partial charge in [0.15, 0.2) is 0 Å². The zero-order valence-electron chi connectivity index (χ0n) is 11.7. The highest BCUT2D eigenvalue weighted by atomic mass is 16.2. The van der Waals surface area contributed by atoms with Gasteiger partial charge in [-0.15, -0.1) is 0 Å². The molecule has 0 aliphatic carbocycles. The smallest absolute Gasteiger partial charge is 0.254 e. The summed E-state index contributed by atoms with van der Waals surface area (Å²) in [7, 11) is 0. The minimum absolute atomic E-state index is 0.124. The zero-order chi connectivity index (χ0) is 13.9. The Kier molecular flexibility index (Phi) is 3.65. The van der Waals surface area contributed by atoms with Crippen LogP contribution in [0.1, 0.15) is 17.3 Å². The minimum atomic E-state index is 0.124. The number of fused-ring (bicyclic) bond motifs is 1. The van der Waals surface area contributed by atoms with E-state index in [2.05, 4.69) is 16.8 Å². The van der Waals surface area contributed by atoms with Crippen molar-refractivity contribution in [3.63, 3.8) is 0 Å². The molecule has 4 heteroatoms. The van der Waals surface area contributed by atoms with Gasteiger partial charge in [0.1, 0.15) is 0 Å². The van der Waals surface area contributed by atoms with Gasteiger partial charge in [-0.3, -0.25) is 9.78 Å². The first-order valence-corrected chi connectivity index (χ1v) is 7.15. The molecule has 0 atom stereocenters. The van der Waals surface area contributed by atoms with Crippen LogP contribution in [0.4, 0.5) is 0 Å². The first-order valence-electron chi connectivity index (χ1n) is 7.15. The molecule has 0 radical (unpaired) electrons. The molecule has 4 nitrogen and oxygen atoms in total. The lowest BCUT2D eigenvalue weighted by Gasteiger charge is -2.34. The van der Waals surface area contributed by atoms with E-state index in [1.54, 1.807) is 6.20 Å². The molecule has 0 bridgehead atoms. The number of nitrogens with zero attached hydrogens (tertiary/aromatic N) is 3. The normalized spacial score (nSPS) is 16.6. The second kappa shape index (κ2) is 5.59. The molecule has 0 saturated carbocycles. The Morgan fingerprint density at radius 3 is 2.65 bits per heavy atom. The molecule has 1 fully saturated rings.